The fraction of sp³-hybridized carbons (Fsp3) is 0.250. The van der Waals surface area contributed by atoms with Crippen LogP contribution in [0.15, 0.2) is 36.8 Å². The van der Waals surface area contributed by atoms with Gasteiger partial charge in [0.25, 0.3) is 5.69 Å². The zero-order chi connectivity index (χ0) is 13.1. The van der Waals surface area contributed by atoms with E-state index in [4.69, 9.17) is 5.73 Å². The summed E-state index contributed by atoms with van der Waals surface area (Å²) in [4.78, 5) is 14.2. The molecule has 0 spiro atoms. The first-order chi connectivity index (χ1) is 8.58. The van der Waals surface area contributed by atoms with E-state index in [0.29, 0.717) is 6.54 Å². The maximum Gasteiger partial charge on any atom is 0.269 e. The van der Waals surface area contributed by atoms with Crippen LogP contribution in [0.5, 0.6) is 0 Å². The number of aromatic nitrogens is 2. The lowest BCUT2D eigenvalue weighted by molar-refractivity contribution is -0.384. The molecule has 0 aliphatic heterocycles. The molecule has 0 saturated heterocycles. The number of hydrogen-bond acceptors (Lipinski definition) is 4. The monoisotopic (exact) mass is 246 g/mol. The lowest BCUT2D eigenvalue weighted by Crippen LogP contribution is -2.12. The Kier molecular flexibility index (Phi) is 3.38. The Hall–Kier alpha value is -2.21. The van der Waals surface area contributed by atoms with Gasteiger partial charge in [-0.1, -0.05) is 12.1 Å². The summed E-state index contributed by atoms with van der Waals surface area (Å²) in [5.74, 6) is 0. The average molecular weight is 246 g/mol. The summed E-state index contributed by atoms with van der Waals surface area (Å²) in [6.07, 6.45) is 3.44. The molecule has 2 aromatic rings. The molecule has 0 radical (unpaired) electrons. The SMILES string of the molecule is CC(N)c1cncn1Cc1ccc([N+](=O)[O-])cc1. The van der Waals surface area contributed by atoms with Gasteiger partial charge in [0.2, 0.25) is 0 Å². The Balaban J connectivity index is 2.18. The Morgan fingerprint density at radius 2 is 2.11 bits per heavy atom. The zero-order valence-corrected chi connectivity index (χ0v) is 9.98. The second-order valence-electron chi connectivity index (χ2n) is 4.16. The summed E-state index contributed by atoms with van der Waals surface area (Å²) in [7, 11) is 0. The van der Waals surface area contributed by atoms with E-state index in [1.807, 2.05) is 11.5 Å². The molecular weight excluding hydrogens is 232 g/mol. The highest BCUT2D eigenvalue weighted by Crippen LogP contribution is 2.15. The predicted molar refractivity (Wildman–Crippen MR) is 67.0 cm³/mol. The smallest absolute Gasteiger partial charge is 0.269 e. The van der Waals surface area contributed by atoms with Crippen molar-refractivity contribution < 1.29 is 4.92 Å². The van der Waals surface area contributed by atoms with E-state index in [-0.39, 0.29) is 11.7 Å². The van der Waals surface area contributed by atoms with Crippen molar-refractivity contribution in [2.75, 3.05) is 0 Å². The van der Waals surface area contributed by atoms with Crippen molar-refractivity contribution in [2.24, 2.45) is 5.73 Å². The topological polar surface area (TPSA) is 87.0 Å². The molecular formula is C12H14N4O2. The van der Waals surface area contributed by atoms with Crippen molar-refractivity contribution in [3.63, 3.8) is 0 Å². The minimum Gasteiger partial charge on any atom is -0.329 e. The third-order valence-corrected chi connectivity index (χ3v) is 2.71. The van der Waals surface area contributed by atoms with E-state index in [1.54, 1.807) is 24.7 Å². The first-order valence-electron chi connectivity index (χ1n) is 5.57. The number of non-ortho nitro benzene ring substituents is 1. The molecule has 0 aliphatic rings. The molecule has 18 heavy (non-hydrogen) atoms. The maximum atomic E-state index is 10.5. The van der Waals surface area contributed by atoms with Crippen molar-refractivity contribution in [2.45, 2.75) is 19.5 Å². The van der Waals surface area contributed by atoms with Gasteiger partial charge in [-0.05, 0) is 12.5 Å². The number of nitrogens with zero attached hydrogens (tertiary/aromatic N) is 3. The Labute approximate surface area is 104 Å². The summed E-state index contributed by atoms with van der Waals surface area (Å²) in [5, 5.41) is 10.5. The van der Waals surface area contributed by atoms with E-state index in [1.165, 1.54) is 12.1 Å². The highest BCUT2D eigenvalue weighted by Gasteiger charge is 2.08. The molecule has 6 nitrogen and oxygen atoms in total. The van der Waals surface area contributed by atoms with Crippen LogP contribution in [-0.2, 0) is 6.54 Å². The van der Waals surface area contributed by atoms with Crippen molar-refractivity contribution in [1.29, 1.82) is 0 Å². The highest BCUT2D eigenvalue weighted by molar-refractivity contribution is 5.33. The molecule has 1 heterocycles. The molecule has 0 saturated carbocycles. The number of nitro benzene ring substituents is 1. The molecule has 1 atom stereocenters. The number of benzene rings is 1. The van der Waals surface area contributed by atoms with Gasteiger partial charge in [-0.3, -0.25) is 10.1 Å². The van der Waals surface area contributed by atoms with Crippen LogP contribution in [0.2, 0.25) is 0 Å². The Bertz CT molecular complexity index is 545. The average Bonchev–Trinajstić information content (AvgIpc) is 2.78. The van der Waals surface area contributed by atoms with Gasteiger partial charge in [0.15, 0.2) is 0 Å². The zero-order valence-electron chi connectivity index (χ0n) is 9.98. The van der Waals surface area contributed by atoms with Crippen LogP contribution in [-0.4, -0.2) is 14.5 Å². The number of hydrogen-bond donors (Lipinski definition) is 1. The molecule has 0 fully saturated rings. The summed E-state index contributed by atoms with van der Waals surface area (Å²) in [5.41, 5.74) is 7.83. The van der Waals surface area contributed by atoms with Crippen molar-refractivity contribution in [1.82, 2.24) is 9.55 Å². The molecule has 0 aliphatic carbocycles. The Morgan fingerprint density at radius 1 is 1.44 bits per heavy atom. The van der Waals surface area contributed by atoms with E-state index in [0.717, 1.165) is 11.3 Å². The molecule has 1 aromatic carbocycles. The summed E-state index contributed by atoms with van der Waals surface area (Å²) >= 11 is 0. The highest BCUT2D eigenvalue weighted by atomic mass is 16.6. The van der Waals surface area contributed by atoms with Gasteiger partial charge in [-0.25, -0.2) is 4.98 Å². The lowest BCUT2D eigenvalue weighted by Gasteiger charge is -2.10. The summed E-state index contributed by atoms with van der Waals surface area (Å²) in [6, 6.07) is 6.38. The van der Waals surface area contributed by atoms with Gasteiger partial charge in [-0.2, -0.15) is 0 Å². The van der Waals surface area contributed by atoms with Gasteiger partial charge in [0.05, 0.1) is 16.9 Å². The third kappa shape index (κ3) is 2.54. The molecule has 0 bridgehead atoms. The lowest BCUT2D eigenvalue weighted by atomic mass is 10.2. The van der Waals surface area contributed by atoms with Crippen LogP contribution in [0.3, 0.4) is 0 Å². The van der Waals surface area contributed by atoms with E-state index in [2.05, 4.69) is 4.98 Å². The Morgan fingerprint density at radius 3 is 2.67 bits per heavy atom. The van der Waals surface area contributed by atoms with Crippen LogP contribution >= 0.6 is 0 Å². The number of nitrogens with two attached hydrogens (primary N) is 1. The van der Waals surface area contributed by atoms with Crippen LogP contribution in [0.1, 0.15) is 24.2 Å². The summed E-state index contributed by atoms with van der Waals surface area (Å²) < 4.78 is 1.94. The standard InChI is InChI=1S/C12H14N4O2/c1-9(13)12-6-14-8-15(12)7-10-2-4-11(5-3-10)16(17)18/h2-6,8-9H,7,13H2,1H3. The van der Waals surface area contributed by atoms with Gasteiger partial charge in [0.1, 0.15) is 0 Å². The quantitative estimate of drug-likeness (QED) is 0.658. The minimum atomic E-state index is -0.408. The van der Waals surface area contributed by atoms with Gasteiger partial charge >= 0.3 is 0 Å². The van der Waals surface area contributed by atoms with Crippen molar-refractivity contribution >= 4 is 5.69 Å². The number of imidazole rings is 1. The van der Waals surface area contributed by atoms with Crippen LogP contribution in [0.25, 0.3) is 0 Å². The molecule has 1 aromatic heterocycles. The van der Waals surface area contributed by atoms with Crippen molar-refractivity contribution in [3.05, 3.63) is 58.2 Å². The van der Waals surface area contributed by atoms with Gasteiger partial charge < -0.3 is 10.3 Å². The molecule has 2 N–H and O–H groups in total. The maximum absolute atomic E-state index is 10.5. The first kappa shape index (κ1) is 12.3. The number of rotatable bonds is 4. The first-order valence-corrected chi connectivity index (χ1v) is 5.57. The summed E-state index contributed by atoms with van der Waals surface area (Å²) in [6.45, 7) is 2.50. The third-order valence-electron chi connectivity index (χ3n) is 2.71. The largest absolute Gasteiger partial charge is 0.329 e. The fourth-order valence-electron chi connectivity index (χ4n) is 1.76. The molecule has 1 unspecified atom stereocenters. The van der Waals surface area contributed by atoms with Gasteiger partial charge in [0, 0.05) is 30.9 Å². The number of nitro groups is 1. The van der Waals surface area contributed by atoms with Crippen LogP contribution in [0, 0.1) is 10.1 Å². The van der Waals surface area contributed by atoms with Crippen LogP contribution < -0.4 is 5.73 Å². The second kappa shape index (κ2) is 4.97. The van der Waals surface area contributed by atoms with E-state index in [9.17, 15) is 10.1 Å². The van der Waals surface area contributed by atoms with E-state index >= 15 is 0 Å². The predicted octanol–water partition coefficient (Wildman–Crippen LogP) is 1.86. The fourth-order valence-corrected chi connectivity index (χ4v) is 1.76. The van der Waals surface area contributed by atoms with Crippen molar-refractivity contribution in [3.8, 4) is 0 Å². The second-order valence-corrected chi connectivity index (χ2v) is 4.16. The molecule has 0 amide bonds. The van der Waals surface area contributed by atoms with Gasteiger partial charge in [-0.15, -0.1) is 0 Å². The molecule has 6 heteroatoms. The molecule has 94 valence electrons. The normalized spacial score (nSPS) is 12.3. The van der Waals surface area contributed by atoms with Crippen LogP contribution in [0.4, 0.5) is 5.69 Å². The molecule has 2 rings (SSSR count). The minimum absolute atomic E-state index is 0.0921. The van der Waals surface area contributed by atoms with E-state index < -0.39 is 4.92 Å².